The third-order valence-electron chi connectivity index (χ3n) is 3.00. The Morgan fingerprint density at radius 3 is 2.70 bits per heavy atom. The number of hydrogen-bond donors (Lipinski definition) is 2. The van der Waals surface area contributed by atoms with Gasteiger partial charge in [0.25, 0.3) is 0 Å². The van der Waals surface area contributed by atoms with Gasteiger partial charge in [0.05, 0.1) is 18.4 Å². The quantitative estimate of drug-likeness (QED) is 0.743. The second kappa shape index (κ2) is 5.92. The van der Waals surface area contributed by atoms with Gasteiger partial charge in [-0.15, -0.1) is 0 Å². The van der Waals surface area contributed by atoms with Crippen molar-refractivity contribution in [2.45, 2.75) is 6.54 Å². The summed E-state index contributed by atoms with van der Waals surface area (Å²) >= 11 is 3.48. The van der Waals surface area contributed by atoms with Gasteiger partial charge in [-0.2, -0.15) is 0 Å². The molecule has 0 atom stereocenters. The highest BCUT2D eigenvalue weighted by Crippen LogP contribution is 2.21. The van der Waals surface area contributed by atoms with E-state index < -0.39 is 0 Å². The number of nitrogens with one attached hydrogen (secondary N) is 2. The molecule has 0 saturated heterocycles. The van der Waals surface area contributed by atoms with Crippen LogP contribution in [0, 0.1) is 0 Å². The minimum atomic E-state index is 0.679. The van der Waals surface area contributed by atoms with Crippen LogP contribution in [0.4, 0.5) is 5.69 Å². The van der Waals surface area contributed by atoms with Crippen molar-refractivity contribution in [2.75, 3.05) is 5.32 Å². The van der Waals surface area contributed by atoms with E-state index in [4.69, 9.17) is 0 Å². The van der Waals surface area contributed by atoms with Gasteiger partial charge in [0, 0.05) is 15.7 Å². The topological polar surface area (TPSA) is 40.7 Å². The number of aromatic nitrogens is 2. The molecule has 0 aliphatic heterocycles. The van der Waals surface area contributed by atoms with Crippen molar-refractivity contribution in [1.82, 2.24) is 9.97 Å². The highest BCUT2D eigenvalue weighted by atomic mass is 79.9. The number of aromatic amines is 1. The fraction of sp³-hybridized carbons (Fsp3) is 0.0625. The molecule has 0 aliphatic carbocycles. The van der Waals surface area contributed by atoms with Crippen molar-refractivity contribution < 1.29 is 0 Å². The fourth-order valence-corrected chi connectivity index (χ4v) is 2.40. The lowest BCUT2D eigenvalue weighted by Gasteiger charge is -2.03. The molecule has 0 bridgehead atoms. The van der Waals surface area contributed by atoms with Crippen molar-refractivity contribution >= 4 is 21.6 Å². The molecular formula is C16H14BrN3. The van der Waals surface area contributed by atoms with Crippen LogP contribution in [0.1, 0.15) is 5.82 Å². The number of anilines is 1. The molecule has 100 valence electrons. The van der Waals surface area contributed by atoms with E-state index in [1.165, 1.54) is 0 Å². The molecule has 0 fully saturated rings. The average molecular weight is 328 g/mol. The molecule has 0 saturated carbocycles. The van der Waals surface area contributed by atoms with Crippen LogP contribution < -0.4 is 5.32 Å². The Hall–Kier alpha value is -2.07. The number of nitrogens with zero attached hydrogens (tertiary/aromatic N) is 1. The average Bonchev–Trinajstić information content (AvgIpc) is 2.95. The fourth-order valence-electron chi connectivity index (χ4n) is 2.00. The van der Waals surface area contributed by atoms with Crippen molar-refractivity contribution in [3.8, 4) is 11.3 Å². The summed E-state index contributed by atoms with van der Waals surface area (Å²) in [5.74, 6) is 0.920. The molecule has 0 unspecified atom stereocenters. The second-order valence-corrected chi connectivity index (χ2v) is 5.39. The zero-order valence-electron chi connectivity index (χ0n) is 10.8. The van der Waals surface area contributed by atoms with E-state index >= 15 is 0 Å². The van der Waals surface area contributed by atoms with Gasteiger partial charge in [0.1, 0.15) is 5.82 Å². The van der Waals surface area contributed by atoms with Crippen LogP contribution in [0.3, 0.4) is 0 Å². The highest BCUT2D eigenvalue weighted by molar-refractivity contribution is 9.10. The summed E-state index contributed by atoms with van der Waals surface area (Å²) in [4.78, 5) is 7.74. The highest BCUT2D eigenvalue weighted by Gasteiger charge is 2.03. The van der Waals surface area contributed by atoms with Gasteiger partial charge in [-0.1, -0.05) is 46.3 Å². The lowest BCUT2D eigenvalue weighted by Crippen LogP contribution is -2.00. The first kappa shape index (κ1) is 12.9. The molecule has 0 spiro atoms. The predicted molar refractivity (Wildman–Crippen MR) is 85.5 cm³/mol. The molecular weight excluding hydrogens is 314 g/mol. The number of imidazole rings is 1. The van der Waals surface area contributed by atoms with Gasteiger partial charge in [0.2, 0.25) is 0 Å². The molecule has 0 aliphatic rings. The smallest absolute Gasteiger partial charge is 0.125 e. The van der Waals surface area contributed by atoms with E-state index in [-0.39, 0.29) is 0 Å². The van der Waals surface area contributed by atoms with Crippen LogP contribution in [-0.2, 0) is 6.54 Å². The van der Waals surface area contributed by atoms with E-state index in [9.17, 15) is 0 Å². The lowest BCUT2D eigenvalue weighted by atomic mass is 10.2. The first-order valence-electron chi connectivity index (χ1n) is 6.40. The van der Waals surface area contributed by atoms with Crippen molar-refractivity contribution in [3.63, 3.8) is 0 Å². The zero-order chi connectivity index (χ0) is 13.8. The summed E-state index contributed by atoms with van der Waals surface area (Å²) < 4.78 is 1.06. The molecule has 20 heavy (non-hydrogen) atoms. The predicted octanol–water partition coefficient (Wildman–Crippen LogP) is 4.45. The number of H-pyrrole nitrogens is 1. The number of rotatable bonds is 4. The van der Waals surface area contributed by atoms with Gasteiger partial charge in [-0.3, -0.25) is 0 Å². The first-order valence-corrected chi connectivity index (χ1v) is 7.19. The Morgan fingerprint density at radius 1 is 1.05 bits per heavy atom. The number of halogens is 1. The molecule has 0 amide bonds. The number of para-hydroxylation sites is 1. The first-order chi connectivity index (χ1) is 9.81. The van der Waals surface area contributed by atoms with Crippen LogP contribution in [0.25, 0.3) is 11.3 Å². The molecule has 2 N–H and O–H groups in total. The third-order valence-corrected chi connectivity index (χ3v) is 3.49. The van der Waals surface area contributed by atoms with E-state index in [0.29, 0.717) is 6.54 Å². The summed E-state index contributed by atoms with van der Waals surface area (Å²) in [6.45, 7) is 0.679. The SMILES string of the molecule is Brc1cccc(-c2cnc(CNc3ccccc3)[nH]2)c1. The molecule has 1 aromatic heterocycles. The summed E-state index contributed by atoms with van der Waals surface area (Å²) in [6, 6.07) is 18.3. The summed E-state index contributed by atoms with van der Waals surface area (Å²) in [5, 5.41) is 3.33. The molecule has 1 heterocycles. The minimum absolute atomic E-state index is 0.679. The van der Waals surface area contributed by atoms with Gasteiger partial charge < -0.3 is 10.3 Å². The largest absolute Gasteiger partial charge is 0.378 e. The number of hydrogen-bond acceptors (Lipinski definition) is 2. The van der Waals surface area contributed by atoms with Gasteiger partial charge in [-0.25, -0.2) is 4.98 Å². The molecule has 3 aromatic rings. The Morgan fingerprint density at radius 2 is 1.90 bits per heavy atom. The Bertz CT molecular complexity index is 692. The maximum absolute atomic E-state index is 4.40. The zero-order valence-corrected chi connectivity index (χ0v) is 12.4. The Labute approximate surface area is 126 Å². The minimum Gasteiger partial charge on any atom is -0.378 e. The van der Waals surface area contributed by atoms with Crippen LogP contribution in [-0.4, -0.2) is 9.97 Å². The van der Waals surface area contributed by atoms with Crippen LogP contribution >= 0.6 is 15.9 Å². The lowest BCUT2D eigenvalue weighted by molar-refractivity contribution is 1.00. The maximum Gasteiger partial charge on any atom is 0.125 e. The standard InChI is InChI=1S/C16H14BrN3/c17-13-6-4-5-12(9-13)15-10-19-16(20-15)11-18-14-7-2-1-3-8-14/h1-10,18H,11H2,(H,19,20). The number of benzene rings is 2. The van der Waals surface area contributed by atoms with Crippen LogP contribution in [0.15, 0.2) is 65.3 Å². The maximum atomic E-state index is 4.40. The van der Waals surface area contributed by atoms with E-state index in [1.54, 1.807) is 0 Å². The van der Waals surface area contributed by atoms with Gasteiger partial charge in [0.15, 0.2) is 0 Å². The summed E-state index contributed by atoms with van der Waals surface area (Å²) in [7, 11) is 0. The molecule has 4 heteroatoms. The van der Waals surface area contributed by atoms with Crippen LogP contribution in [0.5, 0.6) is 0 Å². The third kappa shape index (κ3) is 3.08. The summed E-state index contributed by atoms with van der Waals surface area (Å²) in [6.07, 6.45) is 1.86. The Balaban J connectivity index is 1.71. The van der Waals surface area contributed by atoms with Gasteiger partial charge >= 0.3 is 0 Å². The molecule has 0 radical (unpaired) electrons. The van der Waals surface area contributed by atoms with Crippen molar-refractivity contribution in [3.05, 3.63) is 71.1 Å². The molecule has 3 rings (SSSR count). The summed E-state index contributed by atoms with van der Waals surface area (Å²) in [5.41, 5.74) is 3.24. The van der Waals surface area contributed by atoms with E-state index in [0.717, 1.165) is 27.2 Å². The Kier molecular flexibility index (Phi) is 3.83. The molecule has 2 aromatic carbocycles. The van der Waals surface area contributed by atoms with Crippen molar-refractivity contribution in [1.29, 1.82) is 0 Å². The van der Waals surface area contributed by atoms with E-state index in [1.807, 2.05) is 48.7 Å². The normalized spacial score (nSPS) is 10.4. The molecule has 3 nitrogen and oxygen atoms in total. The van der Waals surface area contributed by atoms with E-state index in [2.05, 4.69) is 43.3 Å². The van der Waals surface area contributed by atoms with Crippen LogP contribution in [0.2, 0.25) is 0 Å². The monoisotopic (exact) mass is 327 g/mol. The van der Waals surface area contributed by atoms with Crippen molar-refractivity contribution in [2.24, 2.45) is 0 Å². The second-order valence-electron chi connectivity index (χ2n) is 4.47. The van der Waals surface area contributed by atoms with Gasteiger partial charge in [-0.05, 0) is 24.3 Å².